The van der Waals surface area contributed by atoms with E-state index < -0.39 is 9.84 Å². The second kappa shape index (κ2) is 5.76. The predicted octanol–water partition coefficient (Wildman–Crippen LogP) is 2.38. The Labute approximate surface area is 120 Å². The molecule has 1 N–H and O–H groups in total. The molecule has 0 unspecified atom stereocenters. The van der Waals surface area contributed by atoms with Crippen molar-refractivity contribution in [2.45, 2.75) is 57.0 Å². The van der Waals surface area contributed by atoms with E-state index in [1.54, 1.807) is 0 Å². The summed E-state index contributed by atoms with van der Waals surface area (Å²) in [6.07, 6.45) is 11.6. The average molecular weight is 297 g/mol. The Balaban J connectivity index is 1.67. The maximum atomic E-state index is 11.5. The molecule has 2 heterocycles. The smallest absolute Gasteiger partial charge is 0.203 e. The number of hydrogen-bond acceptors (Lipinski definition) is 4. The summed E-state index contributed by atoms with van der Waals surface area (Å²) in [7, 11) is -2.80. The standard InChI is InChI=1S/C14H23N3O2S/c18-20(19)10-6-13(7-11-20)17-9-8-15-14(17)16-12-4-2-1-3-5-12/h8-9,12-13H,1-7,10-11H2,(H,15,16). The van der Waals surface area contributed by atoms with E-state index in [2.05, 4.69) is 14.9 Å². The zero-order valence-electron chi connectivity index (χ0n) is 11.8. The van der Waals surface area contributed by atoms with Crippen molar-refractivity contribution in [3.63, 3.8) is 0 Å². The Kier molecular flexibility index (Phi) is 4.01. The first-order valence-electron chi connectivity index (χ1n) is 7.64. The van der Waals surface area contributed by atoms with Gasteiger partial charge in [-0.1, -0.05) is 19.3 Å². The monoisotopic (exact) mass is 297 g/mol. The average Bonchev–Trinajstić information content (AvgIpc) is 2.88. The van der Waals surface area contributed by atoms with Crippen LogP contribution in [0.1, 0.15) is 51.0 Å². The van der Waals surface area contributed by atoms with Gasteiger partial charge in [0.25, 0.3) is 0 Å². The largest absolute Gasteiger partial charge is 0.353 e. The number of anilines is 1. The van der Waals surface area contributed by atoms with E-state index in [0.29, 0.717) is 30.4 Å². The van der Waals surface area contributed by atoms with Crippen LogP contribution < -0.4 is 5.32 Å². The Bertz CT molecular complexity index is 533. The molecule has 0 bridgehead atoms. The fourth-order valence-corrected chi connectivity index (χ4v) is 4.77. The molecule has 0 atom stereocenters. The van der Waals surface area contributed by atoms with Crippen LogP contribution in [0.3, 0.4) is 0 Å². The lowest BCUT2D eigenvalue weighted by atomic mass is 9.96. The van der Waals surface area contributed by atoms with Gasteiger partial charge in [-0.25, -0.2) is 13.4 Å². The fourth-order valence-electron chi connectivity index (χ4n) is 3.30. The van der Waals surface area contributed by atoms with E-state index in [9.17, 15) is 8.42 Å². The van der Waals surface area contributed by atoms with Crippen LogP contribution in [0.25, 0.3) is 0 Å². The van der Waals surface area contributed by atoms with Gasteiger partial charge in [-0.05, 0) is 25.7 Å². The summed E-state index contributed by atoms with van der Waals surface area (Å²) in [5.41, 5.74) is 0. The third kappa shape index (κ3) is 3.16. The molecule has 0 amide bonds. The van der Waals surface area contributed by atoms with Crippen molar-refractivity contribution in [3.8, 4) is 0 Å². The molecule has 20 heavy (non-hydrogen) atoms. The normalized spacial score (nSPS) is 24.6. The van der Waals surface area contributed by atoms with Gasteiger partial charge in [0.15, 0.2) is 0 Å². The molecule has 3 rings (SSSR count). The zero-order chi connectivity index (χ0) is 14.0. The lowest BCUT2D eigenvalue weighted by molar-refractivity contribution is 0.436. The van der Waals surface area contributed by atoms with Crippen molar-refractivity contribution in [3.05, 3.63) is 12.4 Å². The van der Waals surface area contributed by atoms with Crippen LogP contribution in [0.4, 0.5) is 5.95 Å². The first-order valence-corrected chi connectivity index (χ1v) is 9.46. The highest BCUT2D eigenvalue weighted by atomic mass is 32.2. The second-order valence-corrected chi connectivity index (χ2v) is 8.32. The number of rotatable bonds is 3. The molecule has 112 valence electrons. The number of imidazole rings is 1. The molecule has 1 saturated heterocycles. The molecule has 2 fully saturated rings. The van der Waals surface area contributed by atoms with E-state index in [4.69, 9.17) is 0 Å². The molecule has 1 aliphatic heterocycles. The summed E-state index contributed by atoms with van der Waals surface area (Å²) in [4.78, 5) is 4.42. The minimum atomic E-state index is -2.80. The van der Waals surface area contributed by atoms with Crippen molar-refractivity contribution in [1.82, 2.24) is 9.55 Å². The van der Waals surface area contributed by atoms with E-state index in [1.165, 1.54) is 32.1 Å². The maximum Gasteiger partial charge on any atom is 0.203 e. The quantitative estimate of drug-likeness (QED) is 0.930. The summed E-state index contributed by atoms with van der Waals surface area (Å²) >= 11 is 0. The van der Waals surface area contributed by atoms with Crippen molar-refractivity contribution in [2.75, 3.05) is 16.8 Å². The van der Waals surface area contributed by atoms with Crippen LogP contribution in [-0.2, 0) is 9.84 Å². The van der Waals surface area contributed by atoms with E-state index in [0.717, 1.165) is 5.95 Å². The topological polar surface area (TPSA) is 64.0 Å². The van der Waals surface area contributed by atoms with Gasteiger partial charge in [0.05, 0.1) is 11.5 Å². The molecule has 0 aromatic carbocycles. The van der Waals surface area contributed by atoms with Gasteiger partial charge in [0.1, 0.15) is 9.84 Å². The summed E-state index contributed by atoms with van der Waals surface area (Å²) in [6, 6.07) is 0.796. The third-order valence-corrected chi connectivity index (χ3v) is 6.24. The predicted molar refractivity (Wildman–Crippen MR) is 79.6 cm³/mol. The fraction of sp³-hybridized carbons (Fsp3) is 0.786. The summed E-state index contributed by atoms with van der Waals surface area (Å²) in [5, 5.41) is 3.55. The summed E-state index contributed by atoms with van der Waals surface area (Å²) in [6.45, 7) is 0. The lowest BCUT2D eigenvalue weighted by Crippen LogP contribution is -2.28. The molecule has 1 saturated carbocycles. The van der Waals surface area contributed by atoms with Gasteiger partial charge in [-0.3, -0.25) is 0 Å². The molecule has 5 nitrogen and oxygen atoms in total. The highest BCUT2D eigenvalue weighted by Crippen LogP contribution is 2.28. The number of nitrogens with zero attached hydrogens (tertiary/aromatic N) is 2. The first-order chi connectivity index (χ1) is 9.64. The van der Waals surface area contributed by atoms with Gasteiger partial charge >= 0.3 is 0 Å². The molecule has 1 aliphatic carbocycles. The third-order valence-electron chi connectivity index (χ3n) is 4.52. The number of nitrogens with one attached hydrogen (secondary N) is 1. The molecule has 1 aromatic rings. The SMILES string of the molecule is O=S1(=O)CCC(n2ccnc2NC2CCCCC2)CC1. The highest BCUT2D eigenvalue weighted by molar-refractivity contribution is 7.91. The summed E-state index contributed by atoms with van der Waals surface area (Å²) < 4.78 is 25.2. The minimum Gasteiger partial charge on any atom is -0.353 e. The van der Waals surface area contributed by atoms with Crippen LogP contribution in [0.5, 0.6) is 0 Å². The van der Waals surface area contributed by atoms with E-state index in [1.807, 2.05) is 12.4 Å². The molecular weight excluding hydrogens is 274 g/mol. The van der Waals surface area contributed by atoms with Crippen LogP contribution >= 0.6 is 0 Å². The van der Waals surface area contributed by atoms with Crippen molar-refractivity contribution in [1.29, 1.82) is 0 Å². The molecule has 6 heteroatoms. The zero-order valence-corrected chi connectivity index (χ0v) is 12.6. The van der Waals surface area contributed by atoms with Crippen molar-refractivity contribution >= 4 is 15.8 Å². The van der Waals surface area contributed by atoms with Crippen LogP contribution in [0.2, 0.25) is 0 Å². The Morgan fingerprint density at radius 2 is 1.80 bits per heavy atom. The Hall–Kier alpha value is -1.04. The highest BCUT2D eigenvalue weighted by Gasteiger charge is 2.26. The Morgan fingerprint density at radius 3 is 2.50 bits per heavy atom. The molecule has 1 aromatic heterocycles. The number of aromatic nitrogens is 2. The Morgan fingerprint density at radius 1 is 1.10 bits per heavy atom. The second-order valence-electron chi connectivity index (χ2n) is 6.02. The van der Waals surface area contributed by atoms with Crippen molar-refractivity contribution < 1.29 is 8.42 Å². The lowest BCUT2D eigenvalue weighted by Gasteiger charge is -2.28. The van der Waals surface area contributed by atoms with E-state index in [-0.39, 0.29) is 6.04 Å². The molecule has 0 spiro atoms. The van der Waals surface area contributed by atoms with Gasteiger partial charge in [-0.15, -0.1) is 0 Å². The first kappa shape index (κ1) is 13.9. The molecular formula is C14H23N3O2S. The van der Waals surface area contributed by atoms with E-state index >= 15 is 0 Å². The van der Waals surface area contributed by atoms with Gasteiger partial charge < -0.3 is 9.88 Å². The van der Waals surface area contributed by atoms with Crippen LogP contribution in [-0.4, -0.2) is 35.5 Å². The number of hydrogen-bond donors (Lipinski definition) is 1. The van der Waals surface area contributed by atoms with Crippen molar-refractivity contribution in [2.24, 2.45) is 0 Å². The van der Waals surface area contributed by atoms with Crippen LogP contribution in [0, 0.1) is 0 Å². The maximum absolute atomic E-state index is 11.5. The molecule has 2 aliphatic rings. The van der Waals surface area contributed by atoms with Gasteiger partial charge in [0.2, 0.25) is 5.95 Å². The van der Waals surface area contributed by atoms with Gasteiger partial charge in [0, 0.05) is 24.5 Å². The molecule has 0 radical (unpaired) electrons. The van der Waals surface area contributed by atoms with Crippen LogP contribution in [0.15, 0.2) is 12.4 Å². The van der Waals surface area contributed by atoms with Gasteiger partial charge in [-0.2, -0.15) is 0 Å². The number of sulfone groups is 1. The minimum absolute atomic E-state index is 0.270. The summed E-state index contributed by atoms with van der Waals surface area (Å²) in [5.74, 6) is 1.53.